The van der Waals surface area contributed by atoms with Gasteiger partial charge >= 0.3 is 41.9 Å². The molecule has 3 aromatic rings. The zero-order valence-corrected chi connectivity index (χ0v) is 61.9. The Morgan fingerprint density at radius 2 is 0.814 bits per heavy atom. The fourth-order valence-corrected chi connectivity index (χ4v) is 15.0. The summed E-state index contributed by atoms with van der Waals surface area (Å²) in [5, 5.41) is 6.78. The average Bonchev–Trinajstić information content (AvgIpc) is 4.24. The molecule has 0 heterocycles. The number of hydrogen-bond donors (Lipinski definition) is 3. The van der Waals surface area contributed by atoms with Gasteiger partial charge in [-0.1, -0.05) is 141 Å². The number of nitrogens with one attached hydrogen (secondary N) is 2. The second-order valence-corrected chi connectivity index (χ2v) is 42.9. The standard InChI is InChI=1S/C22H36N2O3Si.C22H36O2Si.C21H34O2Si.2CO2.H2NO.Na/c1-14-8-9-16(15(2)10-14)11-20(25)18-12-17(13-19(18)21(26)24-23)27-28(6,7)22(3,4)5;1-15-9-10-18(16(2)11-15)13-21(23)20-14-19(12-17(20)3)24-25(7,8)22(4,5)6;1-15-8-9-17(16(2)12-15)14-20(22)18-10-11-19(13-18)23-24(6,7)21(3,4)5;2*2-1-3;1-2;/h8-10,17-19H,11-13,23H2,1-7H3,(H,24,26);9-11,17,19-20H,12-14H2,1-8H3;8-9,12,18-19H,10-11,13-14H2,1-7H3;;;1-2H;/q;;;;;-1;+1/t17-,18+,19+;17-,19-,20-;18-,19+;;;;/m101..../s1. The molecule has 1 amide bonds. The maximum Gasteiger partial charge on any atom is 1.00 e. The van der Waals surface area contributed by atoms with E-state index in [1.165, 1.54) is 38.9 Å². The Bertz CT molecular complexity index is 2720. The summed E-state index contributed by atoms with van der Waals surface area (Å²) >= 11 is 0. The Labute approximate surface area is 542 Å². The minimum Gasteiger partial charge on any atom is -0.553 e. The molecule has 0 aromatic heterocycles. The van der Waals surface area contributed by atoms with Gasteiger partial charge in [-0.25, -0.2) is 5.84 Å². The summed E-state index contributed by atoms with van der Waals surface area (Å²) in [6, 6.07) is 18.9. The number of nitrogens with two attached hydrogens (primary N) is 1. The first-order valence-electron chi connectivity index (χ1n) is 30.1. The van der Waals surface area contributed by atoms with E-state index in [9.17, 15) is 19.2 Å². The maximum atomic E-state index is 13.1. The topological polar surface area (TPSA) is 246 Å². The van der Waals surface area contributed by atoms with Crippen LogP contribution in [0.1, 0.15) is 164 Å². The van der Waals surface area contributed by atoms with Crippen LogP contribution in [0.2, 0.25) is 54.4 Å². The van der Waals surface area contributed by atoms with E-state index in [4.69, 9.17) is 49.4 Å². The molecule has 3 fully saturated rings. The Morgan fingerprint density at radius 1 is 0.512 bits per heavy atom. The normalized spacial score (nSPS) is 21.0. The predicted octanol–water partition coefficient (Wildman–Crippen LogP) is 11.5. The van der Waals surface area contributed by atoms with Crippen molar-refractivity contribution >= 4 is 60.5 Å². The van der Waals surface area contributed by atoms with Crippen molar-refractivity contribution in [2.75, 3.05) is 0 Å². The quantitative estimate of drug-likeness (QED) is 0.0523. The van der Waals surface area contributed by atoms with Gasteiger partial charge in [0, 0.05) is 55.3 Å². The molecule has 476 valence electrons. The van der Waals surface area contributed by atoms with E-state index in [0.717, 1.165) is 43.2 Å². The molecule has 0 saturated heterocycles. The molecule has 0 aliphatic heterocycles. The Morgan fingerprint density at radius 3 is 1.15 bits per heavy atom. The van der Waals surface area contributed by atoms with Crippen LogP contribution in [-0.4, -0.2) is 84.0 Å². The van der Waals surface area contributed by atoms with Crippen molar-refractivity contribution in [3.63, 3.8) is 0 Å². The molecule has 0 spiro atoms. The number of rotatable bonds is 16. The van der Waals surface area contributed by atoms with Crippen LogP contribution in [0.15, 0.2) is 54.6 Å². The van der Waals surface area contributed by atoms with E-state index < -0.39 is 30.9 Å². The van der Waals surface area contributed by atoms with Gasteiger partial charge in [0.05, 0.1) is 5.92 Å². The molecule has 3 aromatic carbocycles. The van der Waals surface area contributed by atoms with Crippen molar-refractivity contribution in [3.05, 3.63) is 111 Å². The van der Waals surface area contributed by atoms with Crippen LogP contribution in [-0.2, 0) is 70.9 Å². The van der Waals surface area contributed by atoms with Gasteiger partial charge in [0.25, 0.3) is 0 Å². The number of Topliss-reactive ketones (excluding diaryl/α,β-unsaturated/α-hetero) is 3. The number of ketones is 3. The van der Waals surface area contributed by atoms with Crippen LogP contribution in [0.4, 0.5) is 0 Å². The van der Waals surface area contributed by atoms with Crippen LogP contribution in [0, 0.1) is 71.1 Å². The van der Waals surface area contributed by atoms with Gasteiger partial charge in [-0.15, -0.1) is 0 Å². The molecule has 0 bridgehead atoms. The van der Waals surface area contributed by atoms with Crippen molar-refractivity contribution < 1.29 is 86.4 Å². The van der Waals surface area contributed by atoms with Gasteiger partial charge in [0.15, 0.2) is 25.0 Å². The maximum absolute atomic E-state index is 13.1. The Kier molecular flexibility index (Phi) is 34.7. The third kappa shape index (κ3) is 25.7. The zero-order valence-electron chi connectivity index (χ0n) is 56.9. The summed E-state index contributed by atoms with van der Waals surface area (Å²) < 4.78 is 19.6. The van der Waals surface area contributed by atoms with Crippen LogP contribution < -0.4 is 40.8 Å². The third-order valence-corrected chi connectivity index (χ3v) is 32.5. The number of benzene rings is 3. The first-order chi connectivity index (χ1) is 39.1. The van der Waals surface area contributed by atoms with Crippen LogP contribution in [0.3, 0.4) is 0 Å². The van der Waals surface area contributed by atoms with Gasteiger partial charge in [-0.2, -0.15) is 19.2 Å². The van der Waals surface area contributed by atoms with Crippen molar-refractivity contribution in [3.8, 4) is 0 Å². The monoisotopic (exact) mass is 1250 g/mol. The van der Waals surface area contributed by atoms with Gasteiger partial charge in [0.1, 0.15) is 17.3 Å². The van der Waals surface area contributed by atoms with E-state index in [2.05, 4.69) is 184 Å². The van der Waals surface area contributed by atoms with Crippen LogP contribution in [0.25, 0.3) is 5.90 Å². The molecule has 19 heteroatoms. The zero-order chi connectivity index (χ0) is 65.8. The molecule has 3 aliphatic rings. The van der Waals surface area contributed by atoms with Gasteiger partial charge in [0.2, 0.25) is 5.91 Å². The van der Waals surface area contributed by atoms with Crippen LogP contribution >= 0.6 is 0 Å². The largest absolute Gasteiger partial charge is 1.00 e. The fourth-order valence-electron chi connectivity index (χ4n) is 10.8. The number of amides is 1. The first-order valence-corrected chi connectivity index (χ1v) is 38.8. The summed E-state index contributed by atoms with van der Waals surface area (Å²) in [6.07, 6.45) is 8.45. The molecule has 6 rings (SSSR count). The summed E-state index contributed by atoms with van der Waals surface area (Å²) in [5.74, 6) is 10.8. The van der Waals surface area contributed by atoms with Crippen molar-refractivity contribution in [2.24, 2.45) is 35.4 Å². The molecule has 3 aliphatic carbocycles. The first kappa shape index (κ1) is 82.3. The molecular weight excluding hydrogens is 1150 g/mol. The van der Waals surface area contributed by atoms with Gasteiger partial charge in [-0.3, -0.25) is 24.6 Å². The SMILES string of the molecule is Cc1ccc(CC(=O)[C@@H]2CC[C@H](O[Si](C)(C)C(C)(C)C)C2)c(C)c1.Cc1ccc(CC(=O)[C@H]2C[C@@H](O[Si](C)(C)C(C)(C)C)C[C@@H]2C(=O)NN)c(C)c1.Cc1ccc(CC(=O)[C@H]2C[C@@H](O[Si](C)(C)C(C)(C)C)C[C@@H]2C)c(C)c1.O=C=O.O=C=O.[NH-]O.[Na+]. The van der Waals surface area contributed by atoms with E-state index in [0.29, 0.717) is 49.6 Å². The molecule has 15 nitrogen and oxygen atoms in total. The number of carbonyl (C=O) groups is 4. The van der Waals surface area contributed by atoms with Crippen molar-refractivity contribution in [1.29, 1.82) is 0 Å². The Hall–Kier alpha value is -3.69. The summed E-state index contributed by atoms with van der Waals surface area (Å²) in [4.78, 5) is 83.6. The summed E-state index contributed by atoms with van der Waals surface area (Å²) in [6.45, 7) is 48.6. The van der Waals surface area contributed by atoms with E-state index in [1.807, 2.05) is 26.0 Å². The Balaban J connectivity index is 0.00000118. The molecule has 0 radical (unpaired) electrons. The van der Waals surface area contributed by atoms with Crippen molar-refractivity contribution in [2.45, 2.75) is 248 Å². The summed E-state index contributed by atoms with van der Waals surface area (Å²) in [5.41, 5.74) is 12.9. The molecule has 5 N–H and O–H groups in total. The third-order valence-electron chi connectivity index (χ3n) is 18.9. The fraction of sp³-hybridized carbons (Fsp3) is 0.642. The molecule has 0 unspecified atom stereocenters. The summed E-state index contributed by atoms with van der Waals surface area (Å²) in [7, 11) is -5.47. The second kappa shape index (κ2) is 36.2. The number of carbonyl (C=O) groups excluding carboxylic acids is 8. The average molecular weight is 1250 g/mol. The predicted molar refractivity (Wildman–Crippen MR) is 344 cm³/mol. The number of hydrazine groups is 1. The van der Waals surface area contributed by atoms with Gasteiger partial charge in [-0.05, 0) is 180 Å². The van der Waals surface area contributed by atoms with Crippen LogP contribution in [0.5, 0.6) is 0 Å². The van der Waals surface area contributed by atoms with E-state index in [-0.39, 0.29) is 105 Å². The number of aryl methyl sites for hydroxylation is 6. The molecule has 86 heavy (non-hydrogen) atoms. The minimum atomic E-state index is -1.97. The van der Waals surface area contributed by atoms with E-state index >= 15 is 0 Å². The smallest absolute Gasteiger partial charge is 0.553 e. The molecule has 3 saturated carbocycles. The second-order valence-electron chi connectivity index (χ2n) is 28.6. The number of hydrogen-bond acceptors (Lipinski definition) is 13. The molecular formula is C67H108N3NaO12Si3. The van der Waals surface area contributed by atoms with Gasteiger partial charge < -0.3 is 24.4 Å². The van der Waals surface area contributed by atoms with Crippen molar-refractivity contribution in [1.82, 2.24) is 5.43 Å². The molecule has 8 atom stereocenters. The minimum absolute atomic E-state index is 0. The van der Waals surface area contributed by atoms with E-state index in [1.54, 1.807) is 0 Å².